The molecule has 38 heavy (non-hydrogen) atoms. The average Bonchev–Trinajstić information content (AvgIpc) is 3.26. The van der Waals surface area contributed by atoms with E-state index in [1.54, 1.807) is 0 Å². The minimum absolute atomic E-state index is 1.16. The molecule has 1 aromatic heterocycles. The van der Waals surface area contributed by atoms with Crippen molar-refractivity contribution in [2.24, 2.45) is 0 Å². The van der Waals surface area contributed by atoms with Gasteiger partial charge in [-0.05, 0) is 69.6 Å². The SMILES string of the molecule is C=C/C=C\c1c(C)n(-c2ccc3c(c2)-c2ccccc2-c2ccccc2-c2ccccc2-3)c2ccccc12. The van der Waals surface area contributed by atoms with E-state index in [-0.39, 0.29) is 0 Å². The Hall–Kier alpha value is -4.88. The van der Waals surface area contributed by atoms with Crippen molar-refractivity contribution in [3.63, 3.8) is 0 Å². The van der Waals surface area contributed by atoms with Crippen molar-refractivity contribution >= 4 is 17.0 Å². The van der Waals surface area contributed by atoms with Crippen molar-refractivity contribution in [1.82, 2.24) is 4.57 Å². The van der Waals surface area contributed by atoms with E-state index in [1.165, 1.54) is 66.7 Å². The third-order valence-electron chi connectivity index (χ3n) is 7.76. The Kier molecular flexibility index (Phi) is 5.23. The second-order valence-corrected chi connectivity index (χ2v) is 9.81. The van der Waals surface area contributed by atoms with E-state index >= 15 is 0 Å². The van der Waals surface area contributed by atoms with E-state index in [9.17, 15) is 0 Å². The predicted octanol–water partition coefficient (Wildman–Crippen LogP) is 10.1. The molecule has 0 aliphatic heterocycles. The minimum Gasteiger partial charge on any atom is -0.313 e. The highest BCUT2D eigenvalue weighted by atomic mass is 15.0. The molecule has 0 unspecified atom stereocenters. The van der Waals surface area contributed by atoms with Crippen LogP contribution in [0, 0.1) is 6.92 Å². The molecule has 0 N–H and O–H groups in total. The van der Waals surface area contributed by atoms with E-state index in [2.05, 4.69) is 139 Å². The molecule has 180 valence electrons. The average molecular weight is 486 g/mol. The molecule has 0 amide bonds. The number of aromatic nitrogens is 1. The summed E-state index contributed by atoms with van der Waals surface area (Å²) in [5.74, 6) is 0. The van der Waals surface area contributed by atoms with Gasteiger partial charge in [-0.1, -0.05) is 122 Å². The lowest BCUT2D eigenvalue weighted by Gasteiger charge is -2.24. The van der Waals surface area contributed by atoms with Crippen molar-refractivity contribution in [3.05, 3.63) is 145 Å². The Morgan fingerprint density at radius 3 is 1.58 bits per heavy atom. The van der Waals surface area contributed by atoms with Crippen molar-refractivity contribution in [1.29, 1.82) is 0 Å². The van der Waals surface area contributed by atoms with Crippen LogP contribution in [-0.4, -0.2) is 4.57 Å². The van der Waals surface area contributed by atoms with Gasteiger partial charge in [0.25, 0.3) is 0 Å². The van der Waals surface area contributed by atoms with Gasteiger partial charge in [0.05, 0.1) is 5.52 Å². The number of allylic oxidation sites excluding steroid dienone is 2. The summed E-state index contributed by atoms with van der Waals surface area (Å²) < 4.78 is 2.39. The van der Waals surface area contributed by atoms with E-state index < -0.39 is 0 Å². The van der Waals surface area contributed by atoms with Crippen molar-refractivity contribution in [2.45, 2.75) is 6.92 Å². The molecule has 5 aromatic carbocycles. The van der Waals surface area contributed by atoms with Crippen LogP contribution in [0.25, 0.3) is 67.2 Å². The fraction of sp³-hybridized carbons (Fsp3) is 0.0270. The molecule has 1 aliphatic carbocycles. The molecule has 1 nitrogen and oxygen atoms in total. The third-order valence-corrected chi connectivity index (χ3v) is 7.76. The number of hydrogen-bond donors (Lipinski definition) is 0. The standard InChI is InChI=1S/C37H27N/c1-3-4-13-27-25(2)38(37-21-12-11-20-35(27)37)26-22-23-34-32-18-8-7-16-30(32)28-14-5-6-15-29(28)31-17-9-10-19-33(31)36(34)24-26/h3-24H,1H2,2H3/b13-4-,30-28?,31-29?,34-32?,36-33?. The summed E-state index contributed by atoms with van der Waals surface area (Å²) in [4.78, 5) is 0. The van der Waals surface area contributed by atoms with Crippen LogP contribution in [0.15, 0.2) is 134 Å². The van der Waals surface area contributed by atoms with E-state index in [1.807, 2.05) is 12.2 Å². The maximum Gasteiger partial charge on any atom is 0.0537 e. The summed E-state index contributed by atoms with van der Waals surface area (Å²) in [5.41, 5.74) is 14.9. The van der Waals surface area contributed by atoms with Gasteiger partial charge >= 0.3 is 0 Å². The first kappa shape index (κ1) is 22.3. The predicted molar refractivity (Wildman–Crippen MR) is 163 cm³/mol. The van der Waals surface area contributed by atoms with Gasteiger partial charge in [-0.3, -0.25) is 0 Å². The number of para-hydroxylation sites is 1. The van der Waals surface area contributed by atoms with Gasteiger partial charge in [0, 0.05) is 22.3 Å². The number of rotatable bonds is 3. The Morgan fingerprint density at radius 2 is 1.03 bits per heavy atom. The normalized spacial score (nSPS) is 11.8. The van der Waals surface area contributed by atoms with Crippen LogP contribution in [0.4, 0.5) is 0 Å². The highest BCUT2D eigenvalue weighted by molar-refractivity contribution is 6.03. The Labute approximate surface area is 223 Å². The zero-order valence-electron chi connectivity index (χ0n) is 21.4. The van der Waals surface area contributed by atoms with Gasteiger partial charge in [-0.25, -0.2) is 0 Å². The summed E-state index contributed by atoms with van der Waals surface area (Å²) in [6.45, 7) is 6.08. The molecule has 0 bridgehead atoms. The van der Waals surface area contributed by atoms with E-state index in [0.29, 0.717) is 0 Å². The quantitative estimate of drug-likeness (QED) is 0.219. The molecular weight excluding hydrogens is 458 g/mol. The van der Waals surface area contributed by atoms with Crippen LogP contribution >= 0.6 is 0 Å². The van der Waals surface area contributed by atoms with Crippen LogP contribution in [0.2, 0.25) is 0 Å². The molecule has 0 atom stereocenters. The van der Waals surface area contributed by atoms with Gasteiger partial charge in [-0.2, -0.15) is 0 Å². The van der Waals surface area contributed by atoms with Crippen molar-refractivity contribution in [2.75, 3.05) is 0 Å². The number of nitrogens with zero attached hydrogens (tertiary/aromatic N) is 1. The zero-order chi connectivity index (χ0) is 25.6. The molecule has 0 saturated carbocycles. The first-order valence-electron chi connectivity index (χ1n) is 13.1. The molecule has 1 aliphatic rings. The first-order valence-corrected chi connectivity index (χ1v) is 13.1. The van der Waals surface area contributed by atoms with Crippen LogP contribution < -0.4 is 0 Å². The Morgan fingerprint density at radius 1 is 0.553 bits per heavy atom. The van der Waals surface area contributed by atoms with Crippen LogP contribution in [0.5, 0.6) is 0 Å². The molecular formula is C37H27N. The van der Waals surface area contributed by atoms with Crippen molar-refractivity contribution < 1.29 is 0 Å². The monoisotopic (exact) mass is 485 g/mol. The summed E-state index contributed by atoms with van der Waals surface area (Å²) in [6, 6.07) is 42.0. The molecule has 1 heterocycles. The molecule has 6 aromatic rings. The molecule has 0 radical (unpaired) electrons. The Bertz CT molecular complexity index is 1890. The van der Waals surface area contributed by atoms with Gasteiger partial charge in [0.1, 0.15) is 0 Å². The van der Waals surface area contributed by atoms with Gasteiger partial charge in [0.15, 0.2) is 0 Å². The van der Waals surface area contributed by atoms with Gasteiger partial charge < -0.3 is 4.57 Å². The van der Waals surface area contributed by atoms with Gasteiger partial charge in [0.2, 0.25) is 0 Å². The minimum atomic E-state index is 1.16. The highest BCUT2D eigenvalue weighted by Crippen LogP contribution is 2.48. The molecule has 0 fully saturated rings. The lowest BCUT2D eigenvalue weighted by molar-refractivity contribution is 1.05. The number of hydrogen-bond acceptors (Lipinski definition) is 0. The summed E-state index contributed by atoms with van der Waals surface area (Å²) in [7, 11) is 0. The topological polar surface area (TPSA) is 4.93 Å². The van der Waals surface area contributed by atoms with Crippen LogP contribution in [0.1, 0.15) is 11.3 Å². The second kappa shape index (κ2) is 8.90. The summed E-state index contributed by atoms with van der Waals surface area (Å²) in [6.07, 6.45) is 6.02. The first-order chi connectivity index (χ1) is 18.8. The fourth-order valence-corrected chi connectivity index (χ4v) is 6.09. The third kappa shape index (κ3) is 3.33. The van der Waals surface area contributed by atoms with E-state index in [0.717, 1.165) is 5.69 Å². The van der Waals surface area contributed by atoms with Crippen molar-refractivity contribution in [3.8, 4) is 50.2 Å². The largest absolute Gasteiger partial charge is 0.313 e. The lowest BCUT2D eigenvalue weighted by atomic mass is 9.81. The van der Waals surface area contributed by atoms with Gasteiger partial charge in [-0.15, -0.1) is 0 Å². The Balaban J connectivity index is 1.56. The maximum atomic E-state index is 3.88. The number of fused-ring (bicyclic) bond motifs is 9. The second-order valence-electron chi connectivity index (χ2n) is 9.81. The zero-order valence-corrected chi connectivity index (χ0v) is 21.4. The molecule has 0 spiro atoms. The summed E-state index contributed by atoms with van der Waals surface area (Å²) in [5, 5.41) is 1.24. The molecule has 7 rings (SSSR count). The van der Waals surface area contributed by atoms with Crippen LogP contribution in [0.3, 0.4) is 0 Å². The highest BCUT2D eigenvalue weighted by Gasteiger charge is 2.22. The summed E-state index contributed by atoms with van der Waals surface area (Å²) >= 11 is 0. The van der Waals surface area contributed by atoms with E-state index in [4.69, 9.17) is 0 Å². The number of benzene rings is 5. The lowest BCUT2D eigenvalue weighted by Crippen LogP contribution is -2.01. The molecule has 1 heteroatoms. The molecule has 0 saturated heterocycles. The smallest absolute Gasteiger partial charge is 0.0537 e. The fourth-order valence-electron chi connectivity index (χ4n) is 6.09. The van der Waals surface area contributed by atoms with Crippen LogP contribution in [-0.2, 0) is 0 Å². The maximum absolute atomic E-state index is 3.88.